The Bertz CT molecular complexity index is 613. The van der Waals surface area contributed by atoms with Crippen molar-refractivity contribution in [3.63, 3.8) is 0 Å². The summed E-state index contributed by atoms with van der Waals surface area (Å²) < 4.78 is 5.57. The summed E-state index contributed by atoms with van der Waals surface area (Å²) in [5.74, 6) is 1.41. The zero-order chi connectivity index (χ0) is 20.1. The summed E-state index contributed by atoms with van der Waals surface area (Å²) in [5.41, 5.74) is -0.593. The average Bonchev–Trinajstić information content (AvgIpc) is 2.88. The van der Waals surface area contributed by atoms with Gasteiger partial charge in [0.15, 0.2) is 0 Å². The molecule has 1 aliphatic rings. The molecule has 0 bridgehead atoms. The number of aromatic nitrogens is 1. The molecule has 1 fully saturated rings. The normalized spacial score (nSPS) is 19.2. The minimum atomic E-state index is -0.452. The lowest BCUT2D eigenvalue weighted by molar-refractivity contribution is 0.0131. The van der Waals surface area contributed by atoms with Crippen molar-refractivity contribution in [2.24, 2.45) is 11.1 Å². The van der Waals surface area contributed by atoms with E-state index in [-0.39, 0.29) is 11.6 Å². The predicted molar refractivity (Wildman–Crippen MR) is 112 cm³/mol. The van der Waals surface area contributed by atoms with Crippen molar-refractivity contribution in [2.75, 3.05) is 18.4 Å². The Morgan fingerprint density at radius 3 is 2.74 bits per heavy atom. The van der Waals surface area contributed by atoms with Gasteiger partial charge in [-0.3, -0.25) is 5.14 Å². The zero-order valence-corrected chi connectivity index (χ0v) is 18.1. The van der Waals surface area contributed by atoms with Gasteiger partial charge in [-0.25, -0.2) is 9.78 Å². The average molecular weight is 395 g/mol. The van der Waals surface area contributed by atoms with Crippen molar-refractivity contribution in [1.29, 1.82) is 0 Å². The highest BCUT2D eigenvalue weighted by molar-refractivity contribution is 7.97. The number of hydrogen-bond acceptors (Lipinski definition) is 6. The first-order chi connectivity index (χ1) is 12.6. The fraction of sp³-hybridized carbons (Fsp3) is 0.700. The summed E-state index contributed by atoms with van der Waals surface area (Å²) >= 11 is 1.20. The van der Waals surface area contributed by atoms with E-state index >= 15 is 0 Å². The van der Waals surface area contributed by atoms with Gasteiger partial charge in [0.05, 0.1) is 0 Å². The van der Waals surface area contributed by atoms with E-state index in [0.717, 1.165) is 49.5 Å². The fourth-order valence-corrected chi connectivity index (χ4v) is 3.81. The lowest BCUT2D eigenvalue weighted by Gasteiger charge is -2.33. The van der Waals surface area contributed by atoms with E-state index < -0.39 is 5.60 Å². The topological polar surface area (TPSA) is 80.5 Å². The van der Waals surface area contributed by atoms with Gasteiger partial charge >= 0.3 is 6.09 Å². The van der Waals surface area contributed by atoms with Gasteiger partial charge in [0.1, 0.15) is 11.4 Å². The van der Waals surface area contributed by atoms with Crippen molar-refractivity contribution < 1.29 is 9.53 Å². The molecular formula is C20H34N4O2S. The molecule has 1 aromatic rings. The van der Waals surface area contributed by atoms with Crippen LogP contribution in [-0.4, -0.2) is 40.2 Å². The van der Waals surface area contributed by atoms with Gasteiger partial charge in [0, 0.05) is 29.7 Å². The third-order valence-electron chi connectivity index (χ3n) is 4.79. The number of anilines is 1. The van der Waals surface area contributed by atoms with E-state index in [9.17, 15) is 4.79 Å². The number of amides is 1. The number of likely N-dealkylation sites (tertiary alicyclic amines) is 1. The summed E-state index contributed by atoms with van der Waals surface area (Å²) in [6.45, 7) is 11.7. The van der Waals surface area contributed by atoms with E-state index in [1.807, 2.05) is 37.8 Å². The lowest BCUT2D eigenvalue weighted by atomic mass is 9.93. The maximum absolute atomic E-state index is 12.5. The molecule has 27 heavy (non-hydrogen) atoms. The minimum absolute atomic E-state index is 0.141. The molecule has 1 aromatic heterocycles. The van der Waals surface area contributed by atoms with Gasteiger partial charge in [0.25, 0.3) is 0 Å². The molecule has 7 heteroatoms. The van der Waals surface area contributed by atoms with Gasteiger partial charge in [0.2, 0.25) is 0 Å². The highest BCUT2D eigenvalue weighted by Crippen LogP contribution is 2.36. The van der Waals surface area contributed by atoms with Crippen LogP contribution >= 0.6 is 11.9 Å². The molecule has 1 unspecified atom stereocenters. The first kappa shape index (κ1) is 21.8. The predicted octanol–water partition coefficient (Wildman–Crippen LogP) is 4.67. The number of ether oxygens (including phenoxy) is 1. The molecule has 0 radical (unpaired) electrons. The van der Waals surface area contributed by atoms with E-state index in [1.165, 1.54) is 11.9 Å². The van der Waals surface area contributed by atoms with Crippen LogP contribution in [0.4, 0.5) is 10.6 Å². The minimum Gasteiger partial charge on any atom is -0.444 e. The smallest absolute Gasteiger partial charge is 0.410 e. The number of carbonyl (C=O) groups excluding carboxylic acids is 1. The summed E-state index contributed by atoms with van der Waals surface area (Å²) in [7, 11) is 0. The van der Waals surface area contributed by atoms with E-state index in [1.54, 1.807) is 6.20 Å². The maximum Gasteiger partial charge on any atom is 0.410 e. The van der Waals surface area contributed by atoms with Crippen molar-refractivity contribution in [2.45, 2.75) is 76.3 Å². The molecule has 2 rings (SSSR count). The van der Waals surface area contributed by atoms with Crippen LogP contribution in [0.5, 0.6) is 0 Å². The molecule has 2 heterocycles. The molecule has 0 aromatic carbocycles. The molecule has 0 saturated carbocycles. The standard InChI is InChI=1S/C20H34N4O2S/c1-19(2,3)26-18(25)24-14-15(12-20(24,4)5)8-6-7-11-22-17-10-9-16(27-21)13-23-17/h9-10,13,15H,6-8,11-12,14,21H2,1-5H3,(H,22,23). The fourth-order valence-electron chi connectivity index (χ4n) is 3.55. The second-order valence-corrected chi connectivity index (χ2v) is 9.60. The van der Waals surface area contributed by atoms with Crippen LogP contribution < -0.4 is 10.5 Å². The molecule has 6 nitrogen and oxygen atoms in total. The van der Waals surface area contributed by atoms with Crippen LogP contribution in [-0.2, 0) is 4.74 Å². The Morgan fingerprint density at radius 1 is 1.41 bits per heavy atom. The molecule has 0 aliphatic carbocycles. The molecule has 0 spiro atoms. The van der Waals surface area contributed by atoms with Crippen LogP contribution in [0.1, 0.15) is 60.3 Å². The third kappa shape index (κ3) is 6.88. The van der Waals surface area contributed by atoms with E-state index in [4.69, 9.17) is 9.88 Å². The highest BCUT2D eigenvalue weighted by Gasteiger charge is 2.42. The van der Waals surface area contributed by atoms with Gasteiger partial charge in [-0.1, -0.05) is 6.42 Å². The first-order valence-electron chi connectivity index (χ1n) is 9.68. The highest BCUT2D eigenvalue weighted by atomic mass is 32.2. The Morgan fingerprint density at radius 2 is 2.15 bits per heavy atom. The summed E-state index contributed by atoms with van der Waals surface area (Å²) in [4.78, 5) is 19.7. The third-order valence-corrected chi connectivity index (χ3v) is 5.30. The largest absolute Gasteiger partial charge is 0.444 e. The van der Waals surface area contributed by atoms with Crippen LogP contribution in [0.3, 0.4) is 0 Å². The Balaban J connectivity index is 1.71. The number of nitrogens with two attached hydrogens (primary N) is 1. The van der Waals surface area contributed by atoms with Crippen LogP contribution in [0.25, 0.3) is 0 Å². The molecule has 3 N–H and O–H groups in total. The van der Waals surface area contributed by atoms with Crippen LogP contribution in [0, 0.1) is 5.92 Å². The number of unbranched alkanes of at least 4 members (excludes halogenated alkanes) is 1. The lowest BCUT2D eigenvalue weighted by Crippen LogP contribution is -2.45. The van der Waals surface area contributed by atoms with Gasteiger partial charge in [-0.15, -0.1) is 0 Å². The number of nitrogens with zero attached hydrogens (tertiary/aromatic N) is 2. The monoisotopic (exact) mass is 394 g/mol. The summed E-state index contributed by atoms with van der Waals surface area (Å²) in [5, 5.41) is 8.85. The molecule has 1 amide bonds. The maximum atomic E-state index is 12.5. The molecule has 1 saturated heterocycles. The molecular weight excluding hydrogens is 360 g/mol. The number of pyridine rings is 1. The van der Waals surface area contributed by atoms with Crippen molar-refractivity contribution in [3.8, 4) is 0 Å². The Labute approximate surface area is 167 Å². The Kier molecular flexibility index (Phi) is 7.40. The number of rotatable bonds is 7. The van der Waals surface area contributed by atoms with Gasteiger partial charge < -0.3 is 15.0 Å². The summed E-state index contributed by atoms with van der Waals surface area (Å²) in [6.07, 6.45) is 5.95. The number of nitrogens with one attached hydrogen (secondary N) is 1. The van der Waals surface area contributed by atoms with Gasteiger partial charge in [-0.05, 0) is 83.9 Å². The Hall–Kier alpha value is -1.47. The van der Waals surface area contributed by atoms with Crippen molar-refractivity contribution in [3.05, 3.63) is 18.3 Å². The summed E-state index contributed by atoms with van der Waals surface area (Å²) in [6, 6.07) is 3.92. The second kappa shape index (κ2) is 9.15. The van der Waals surface area contributed by atoms with Crippen molar-refractivity contribution >= 4 is 23.9 Å². The van der Waals surface area contributed by atoms with E-state index in [0.29, 0.717) is 5.92 Å². The van der Waals surface area contributed by atoms with Gasteiger partial charge in [-0.2, -0.15) is 0 Å². The number of carbonyl (C=O) groups is 1. The zero-order valence-electron chi connectivity index (χ0n) is 17.2. The number of hydrogen-bond donors (Lipinski definition) is 2. The SMILES string of the molecule is CC(C)(C)OC(=O)N1CC(CCCCNc2ccc(SN)cn2)CC1(C)C. The quantitative estimate of drug-likeness (QED) is 0.517. The van der Waals surface area contributed by atoms with Crippen molar-refractivity contribution in [1.82, 2.24) is 9.88 Å². The van der Waals surface area contributed by atoms with Crippen LogP contribution in [0.15, 0.2) is 23.2 Å². The van der Waals surface area contributed by atoms with Crippen LogP contribution in [0.2, 0.25) is 0 Å². The first-order valence-corrected chi connectivity index (χ1v) is 10.6. The molecule has 1 atom stereocenters. The molecule has 1 aliphatic heterocycles. The van der Waals surface area contributed by atoms with E-state index in [2.05, 4.69) is 24.1 Å². The second-order valence-electron chi connectivity index (χ2n) is 8.89. The molecule has 152 valence electrons.